The molecule has 1 atom stereocenters. The van der Waals surface area contributed by atoms with E-state index < -0.39 is 0 Å². The van der Waals surface area contributed by atoms with E-state index in [0.717, 1.165) is 11.7 Å². The van der Waals surface area contributed by atoms with E-state index in [1.54, 1.807) is 11.8 Å². The van der Waals surface area contributed by atoms with Crippen molar-refractivity contribution in [1.29, 1.82) is 0 Å². The van der Waals surface area contributed by atoms with E-state index in [1.807, 2.05) is 6.07 Å². The molecular weight excluding hydrogens is 232 g/mol. The van der Waals surface area contributed by atoms with Crippen LogP contribution in [-0.4, -0.2) is 21.7 Å². The number of benzene rings is 1. The average Bonchev–Trinajstić information content (AvgIpc) is 2.83. The summed E-state index contributed by atoms with van der Waals surface area (Å²) in [7, 11) is 0. The molecule has 0 aliphatic rings. The van der Waals surface area contributed by atoms with E-state index in [9.17, 15) is 0 Å². The van der Waals surface area contributed by atoms with Gasteiger partial charge in [-0.2, -0.15) is 5.10 Å². The molecule has 0 aliphatic carbocycles. The minimum absolute atomic E-state index is 0.339. The number of H-pyrrole nitrogens is 1. The summed E-state index contributed by atoms with van der Waals surface area (Å²) >= 11 is 1.61. The summed E-state index contributed by atoms with van der Waals surface area (Å²) in [5.41, 5.74) is 1.29. The van der Waals surface area contributed by atoms with Gasteiger partial charge in [-0.25, -0.2) is 4.98 Å². The highest BCUT2D eigenvalue weighted by atomic mass is 32.2. The summed E-state index contributed by atoms with van der Waals surface area (Å²) in [6.07, 6.45) is 1.53. The quantitative estimate of drug-likeness (QED) is 0.854. The van der Waals surface area contributed by atoms with Crippen molar-refractivity contribution < 1.29 is 0 Å². The molecule has 2 rings (SSSR count). The van der Waals surface area contributed by atoms with Gasteiger partial charge < -0.3 is 5.32 Å². The third-order valence-corrected chi connectivity index (χ3v) is 3.48. The first kappa shape index (κ1) is 12.1. The lowest BCUT2D eigenvalue weighted by Crippen LogP contribution is -2.18. The number of hydrogen-bond donors (Lipinski definition) is 2. The Labute approximate surface area is 105 Å². The number of aromatic nitrogens is 3. The van der Waals surface area contributed by atoms with Crippen molar-refractivity contribution in [1.82, 2.24) is 20.5 Å². The number of aromatic amines is 1. The van der Waals surface area contributed by atoms with Gasteiger partial charge in [0.25, 0.3) is 0 Å². The smallest absolute Gasteiger partial charge is 0.188 e. The molecule has 0 amide bonds. The molecule has 0 saturated heterocycles. The molecule has 4 nitrogen and oxygen atoms in total. The Hall–Kier alpha value is -1.33. The molecule has 1 aromatic heterocycles. The van der Waals surface area contributed by atoms with Crippen LogP contribution in [0.1, 0.15) is 25.5 Å². The number of hydrogen-bond acceptors (Lipinski definition) is 4. The molecule has 0 saturated carbocycles. The second-order valence-electron chi connectivity index (χ2n) is 3.71. The Morgan fingerprint density at radius 2 is 2.24 bits per heavy atom. The van der Waals surface area contributed by atoms with Gasteiger partial charge in [-0.15, -0.1) is 0 Å². The summed E-state index contributed by atoms with van der Waals surface area (Å²) in [6.45, 7) is 5.24. The lowest BCUT2D eigenvalue weighted by atomic mass is 10.1. The number of nitrogens with zero attached hydrogens (tertiary/aromatic N) is 2. The summed E-state index contributed by atoms with van der Waals surface area (Å²) in [5.74, 6) is 0. The lowest BCUT2D eigenvalue weighted by molar-refractivity contribution is 0.590. The van der Waals surface area contributed by atoms with Crippen LogP contribution in [0.15, 0.2) is 40.6 Å². The molecule has 0 fully saturated rings. The highest BCUT2D eigenvalue weighted by Gasteiger charge is 2.10. The Morgan fingerprint density at radius 1 is 1.41 bits per heavy atom. The fourth-order valence-electron chi connectivity index (χ4n) is 1.69. The molecule has 1 unspecified atom stereocenters. The van der Waals surface area contributed by atoms with E-state index in [2.05, 4.69) is 52.5 Å². The molecule has 1 heterocycles. The summed E-state index contributed by atoms with van der Waals surface area (Å²) in [4.78, 5) is 5.34. The maximum Gasteiger partial charge on any atom is 0.188 e. The Bertz CT molecular complexity index is 455. The minimum atomic E-state index is 0.339. The monoisotopic (exact) mass is 248 g/mol. The third kappa shape index (κ3) is 3.08. The van der Waals surface area contributed by atoms with Crippen LogP contribution in [0, 0.1) is 0 Å². The van der Waals surface area contributed by atoms with Crippen LogP contribution >= 0.6 is 11.8 Å². The van der Waals surface area contributed by atoms with E-state index in [1.165, 1.54) is 16.8 Å². The third-order valence-electron chi connectivity index (χ3n) is 2.50. The molecule has 17 heavy (non-hydrogen) atoms. The summed E-state index contributed by atoms with van der Waals surface area (Å²) in [5, 5.41) is 11.0. The maximum atomic E-state index is 4.13. The fraction of sp³-hybridized carbons (Fsp3) is 0.333. The molecule has 0 aliphatic heterocycles. The van der Waals surface area contributed by atoms with Crippen molar-refractivity contribution in [2.75, 3.05) is 6.54 Å². The zero-order chi connectivity index (χ0) is 12.1. The molecule has 0 radical (unpaired) electrons. The number of rotatable bonds is 5. The SMILES string of the molecule is CCNC(C)c1ccccc1Sc1ncn[nH]1. The second-order valence-corrected chi connectivity index (χ2v) is 4.74. The van der Waals surface area contributed by atoms with Crippen LogP contribution in [0.5, 0.6) is 0 Å². The lowest BCUT2D eigenvalue weighted by Gasteiger charge is -2.15. The molecule has 5 heteroatoms. The Morgan fingerprint density at radius 3 is 2.94 bits per heavy atom. The molecule has 0 spiro atoms. The van der Waals surface area contributed by atoms with Gasteiger partial charge in [0.2, 0.25) is 0 Å². The summed E-state index contributed by atoms with van der Waals surface area (Å²) in [6, 6.07) is 8.70. The van der Waals surface area contributed by atoms with Crippen LogP contribution in [0.4, 0.5) is 0 Å². The number of nitrogens with one attached hydrogen (secondary N) is 2. The first-order chi connectivity index (χ1) is 8.31. The van der Waals surface area contributed by atoms with Gasteiger partial charge >= 0.3 is 0 Å². The molecule has 0 bridgehead atoms. The van der Waals surface area contributed by atoms with E-state index in [4.69, 9.17) is 0 Å². The maximum absolute atomic E-state index is 4.13. The van der Waals surface area contributed by atoms with Crippen LogP contribution < -0.4 is 5.32 Å². The van der Waals surface area contributed by atoms with Crippen molar-refractivity contribution in [3.63, 3.8) is 0 Å². The van der Waals surface area contributed by atoms with Crippen molar-refractivity contribution in [3.05, 3.63) is 36.2 Å². The van der Waals surface area contributed by atoms with E-state index in [0.29, 0.717) is 6.04 Å². The van der Waals surface area contributed by atoms with Crippen LogP contribution in [0.2, 0.25) is 0 Å². The topological polar surface area (TPSA) is 53.6 Å². The van der Waals surface area contributed by atoms with Gasteiger partial charge in [-0.1, -0.05) is 36.9 Å². The standard InChI is InChI=1S/C12H16N4S/c1-3-13-9(2)10-6-4-5-7-11(10)17-12-14-8-15-16-12/h4-9,13H,3H2,1-2H3,(H,14,15,16). The van der Waals surface area contributed by atoms with Crippen LogP contribution in [0.25, 0.3) is 0 Å². The van der Waals surface area contributed by atoms with Crippen molar-refractivity contribution in [2.24, 2.45) is 0 Å². The average molecular weight is 248 g/mol. The minimum Gasteiger partial charge on any atom is -0.310 e. The van der Waals surface area contributed by atoms with Crippen molar-refractivity contribution in [2.45, 2.75) is 29.9 Å². The Balaban J connectivity index is 2.21. The highest BCUT2D eigenvalue weighted by Crippen LogP contribution is 2.30. The van der Waals surface area contributed by atoms with Gasteiger partial charge in [0.15, 0.2) is 5.16 Å². The van der Waals surface area contributed by atoms with Gasteiger partial charge in [-0.3, -0.25) is 5.10 Å². The van der Waals surface area contributed by atoms with Gasteiger partial charge in [0, 0.05) is 10.9 Å². The van der Waals surface area contributed by atoms with Gasteiger partial charge in [-0.05, 0) is 25.1 Å². The normalized spacial score (nSPS) is 12.6. The van der Waals surface area contributed by atoms with Crippen LogP contribution in [-0.2, 0) is 0 Å². The van der Waals surface area contributed by atoms with Gasteiger partial charge in [0.1, 0.15) is 6.33 Å². The predicted octanol–water partition coefficient (Wildman–Crippen LogP) is 2.63. The molecule has 90 valence electrons. The molecule has 2 N–H and O–H groups in total. The zero-order valence-electron chi connectivity index (χ0n) is 9.97. The first-order valence-electron chi connectivity index (χ1n) is 5.66. The van der Waals surface area contributed by atoms with Crippen LogP contribution in [0.3, 0.4) is 0 Å². The van der Waals surface area contributed by atoms with Gasteiger partial charge in [0.05, 0.1) is 0 Å². The Kier molecular flexibility index (Phi) is 4.17. The fourth-order valence-corrected chi connectivity index (χ4v) is 2.61. The predicted molar refractivity (Wildman–Crippen MR) is 69.0 cm³/mol. The van der Waals surface area contributed by atoms with E-state index in [-0.39, 0.29) is 0 Å². The highest BCUT2D eigenvalue weighted by molar-refractivity contribution is 7.99. The molecule has 2 aromatic rings. The van der Waals surface area contributed by atoms with Crippen molar-refractivity contribution >= 4 is 11.8 Å². The molecular formula is C12H16N4S. The second kappa shape index (κ2) is 5.84. The van der Waals surface area contributed by atoms with Crippen molar-refractivity contribution in [3.8, 4) is 0 Å². The van der Waals surface area contributed by atoms with E-state index >= 15 is 0 Å². The zero-order valence-corrected chi connectivity index (χ0v) is 10.8. The first-order valence-corrected chi connectivity index (χ1v) is 6.48. The largest absolute Gasteiger partial charge is 0.310 e. The summed E-state index contributed by atoms with van der Waals surface area (Å²) < 4.78 is 0. The molecule has 1 aromatic carbocycles.